The molecule has 0 saturated carbocycles. The number of likely N-dealkylation sites (tertiary alicyclic amines) is 1. The number of ether oxygens (including phenoxy) is 1. The first-order chi connectivity index (χ1) is 14.9. The largest absolute Gasteiger partial charge is 0.415 e. The molecule has 2 bridgehead atoms. The predicted octanol–water partition coefficient (Wildman–Crippen LogP) is 2.19. The zero-order valence-electron chi connectivity index (χ0n) is 16.4. The van der Waals surface area contributed by atoms with Crippen molar-refractivity contribution in [3.8, 4) is 11.8 Å². The number of piperazine rings is 1. The van der Waals surface area contributed by atoms with Gasteiger partial charge in [-0.1, -0.05) is 0 Å². The second-order valence-corrected chi connectivity index (χ2v) is 7.71. The van der Waals surface area contributed by atoms with E-state index in [1.165, 1.54) is 40.3 Å². The van der Waals surface area contributed by atoms with Crippen LogP contribution in [0.25, 0.3) is 0 Å². The number of amides is 4. The van der Waals surface area contributed by atoms with Crippen LogP contribution in [0.5, 0.6) is 5.75 Å². The number of benzene rings is 1. The maximum Gasteiger partial charge on any atom is 0.415 e. The average molecular weight is 421 g/mol. The molecule has 5 rings (SSSR count). The summed E-state index contributed by atoms with van der Waals surface area (Å²) in [5.41, 5.74) is 1.07. The van der Waals surface area contributed by atoms with E-state index in [2.05, 4.69) is 4.98 Å². The summed E-state index contributed by atoms with van der Waals surface area (Å²) in [6, 6.07) is 6.52. The minimum absolute atomic E-state index is 0.195. The number of pyridine rings is 1. The molecule has 156 valence electrons. The van der Waals surface area contributed by atoms with Gasteiger partial charge in [-0.2, -0.15) is 5.26 Å². The van der Waals surface area contributed by atoms with E-state index in [9.17, 15) is 18.8 Å². The Morgan fingerprint density at radius 3 is 2.71 bits per heavy atom. The Kier molecular flexibility index (Phi) is 4.15. The average Bonchev–Trinajstić information content (AvgIpc) is 3.41. The molecule has 10 heteroatoms. The first-order valence-electron chi connectivity index (χ1n) is 9.66. The second kappa shape index (κ2) is 6.77. The number of imide groups is 1. The first kappa shape index (κ1) is 19.0. The fourth-order valence-corrected chi connectivity index (χ4v) is 4.57. The van der Waals surface area contributed by atoms with Gasteiger partial charge in [-0.15, -0.1) is 0 Å². The number of aryl methyl sites for hydroxylation is 1. The molecule has 0 spiro atoms. The molecule has 0 N–H and O–H groups in total. The van der Waals surface area contributed by atoms with Gasteiger partial charge in [-0.25, -0.2) is 23.9 Å². The molecule has 9 nitrogen and oxygen atoms in total. The van der Waals surface area contributed by atoms with Crippen molar-refractivity contribution in [2.45, 2.75) is 31.5 Å². The van der Waals surface area contributed by atoms with Gasteiger partial charge in [0.25, 0.3) is 5.91 Å². The summed E-state index contributed by atoms with van der Waals surface area (Å²) >= 11 is 0. The molecule has 0 aliphatic carbocycles. The van der Waals surface area contributed by atoms with Crippen LogP contribution in [0, 0.1) is 24.1 Å². The molecule has 3 fully saturated rings. The molecule has 3 atom stereocenters. The molecule has 1 aromatic carbocycles. The van der Waals surface area contributed by atoms with Gasteiger partial charge in [0.05, 0.1) is 24.0 Å². The highest BCUT2D eigenvalue weighted by molar-refractivity contribution is 6.22. The lowest BCUT2D eigenvalue weighted by molar-refractivity contribution is -0.121. The van der Waals surface area contributed by atoms with E-state index in [1.54, 1.807) is 13.0 Å². The SMILES string of the molecule is Cc1cc(N2C(=O)[C@H]3C4C[C@H](CN4C(=O)Oc4ccc(F)cc4)N3C2=O)cnc1C#N. The van der Waals surface area contributed by atoms with Crippen LogP contribution in [0.15, 0.2) is 36.5 Å². The number of rotatable bonds is 2. The lowest BCUT2D eigenvalue weighted by Crippen LogP contribution is -2.55. The van der Waals surface area contributed by atoms with Crippen LogP contribution < -0.4 is 9.64 Å². The minimum atomic E-state index is -0.803. The Hall–Kier alpha value is -4.00. The number of nitriles is 1. The van der Waals surface area contributed by atoms with Crippen LogP contribution >= 0.6 is 0 Å². The van der Waals surface area contributed by atoms with E-state index < -0.39 is 35.9 Å². The highest BCUT2D eigenvalue weighted by Crippen LogP contribution is 2.42. The number of nitrogens with zero attached hydrogens (tertiary/aromatic N) is 5. The highest BCUT2D eigenvalue weighted by atomic mass is 19.1. The smallest absolute Gasteiger partial charge is 0.410 e. The number of urea groups is 1. The molecular formula is C21H16FN5O4. The van der Waals surface area contributed by atoms with E-state index >= 15 is 0 Å². The zero-order valence-corrected chi connectivity index (χ0v) is 16.4. The molecule has 3 aliphatic heterocycles. The third kappa shape index (κ3) is 2.81. The number of hydrogen-bond acceptors (Lipinski definition) is 6. The number of fused-ring (bicyclic) bond motifs is 5. The summed E-state index contributed by atoms with van der Waals surface area (Å²) in [7, 11) is 0. The molecule has 2 aromatic rings. The Morgan fingerprint density at radius 2 is 2.03 bits per heavy atom. The summed E-state index contributed by atoms with van der Waals surface area (Å²) in [6.07, 6.45) is 1.17. The number of aromatic nitrogens is 1. The van der Waals surface area contributed by atoms with Crippen LogP contribution in [-0.4, -0.2) is 57.5 Å². The highest BCUT2D eigenvalue weighted by Gasteiger charge is 2.63. The number of carbonyl (C=O) groups excluding carboxylic acids is 3. The Labute approximate surface area is 176 Å². The molecular weight excluding hydrogens is 405 g/mol. The number of halogens is 1. The second-order valence-electron chi connectivity index (χ2n) is 7.71. The monoisotopic (exact) mass is 421 g/mol. The van der Waals surface area contributed by atoms with E-state index in [-0.39, 0.29) is 24.0 Å². The van der Waals surface area contributed by atoms with Crippen molar-refractivity contribution in [1.29, 1.82) is 5.26 Å². The summed E-state index contributed by atoms with van der Waals surface area (Å²) < 4.78 is 18.4. The van der Waals surface area contributed by atoms with Crippen LogP contribution in [0.1, 0.15) is 17.7 Å². The van der Waals surface area contributed by atoms with Crippen LogP contribution in [-0.2, 0) is 4.79 Å². The molecule has 3 saturated heterocycles. The lowest BCUT2D eigenvalue weighted by atomic mass is 10.1. The van der Waals surface area contributed by atoms with E-state index in [0.29, 0.717) is 17.7 Å². The van der Waals surface area contributed by atoms with Crippen LogP contribution in [0.2, 0.25) is 0 Å². The Bertz CT molecular complexity index is 1160. The molecule has 4 amide bonds. The Morgan fingerprint density at radius 1 is 1.29 bits per heavy atom. The van der Waals surface area contributed by atoms with Gasteiger partial charge in [-0.05, 0) is 49.2 Å². The molecule has 1 unspecified atom stereocenters. The summed E-state index contributed by atoms with van der Waals surface area (Å²) in [4.78, 5) is 46.9. The Balaban J connectivity index is 1.38. The van der Waals surface area contributed by atoms with E-state index in [4.69, 9.17) is 10.00 Å². The van der Waals surface area contributed by atoms with Crippen LogP contribution in [0.3, 0.4) is 0 Å². The van der Waals surface area contributed by atoms with Crippen molar-refractivity contribution in [3.05, 3.63) is 53.6 Å². The molecule has 4 heterocycles. The maximum atomic E-state index is 13.2. The lowest BCUT2D eigenvalue weighted by Gasteiger charge is -2.34. The van der Waals surface area contributed by atoms with Crippen molar-refractivity contribution in [2.24, 2.45) is 0 Å². The third-order valence-corrected chi connectivity index (χ3v) is 5.95. The molecule has 3 aliphatic rings. The fraction of sp³-hybridized carbons (Fsp3) is 0.286. The van der Waals surface area contributed by atoms with Crippen molar-refractivity contribution in [3.63, 3.8) is 0 Å². The van der Waals surface area contributed by atoms with Gasteiger partial charge in [-0.3, -0.25) is 4.79 Å². The summed E-state index contributed by atoms with van der Waals surface area (Å²) in [5, 5.41) is 9.05. The standard InChI is InChI=1S/C21H16FN5O4/c1-11-6-13(9-24-16(11)8-23)27-19(28)18-17-7-14(26(18)20(27)29)10-25(17)21(30)31-15-4-2-12(22)3-5-15/h2-6,9,14,17-18H,7,10H2,1H3/t14-,17?,18-/m1/s1. The zero-order chi connectivity index (χ0) is 21.9. The third-order valence-electron chi connectivity index (χ3n) is 5.95. The minimum Gasteiger partial charge on any atom is -0.410 e. The van der Waals surface area contributed by atoms with Gasteiger partial charge in [0.2, 0.25) is 0 Å². The molecule has 0 radical (unpaired) electrons. The van der Waals surface area contributed by atoms with Crippen molar-refractivity contribution >= 4 is 23.7 Å². The summed E-state index contributed by atoms with van der Waals surface area (Å²) in [6.45, 7) is 1.93. The predicted molar refractivity (Wildman–Crippen MR) is 104 cm³/mol. The number of carbonyl (C=O) groups is 3. The van der Waals surface area contributed by atoms with Crippen LogP contribution in [0.4, 0.5) is 19.7 Å². The number of hydrogen-bond donors (Lipinski definition) is 0. The molecule has 31 heavy (non-hydrogen) atoms. The maximum absolute atomic E-state index is 13.2. The van der Waals surface area contributed by atoms with Crippen molar-refractivity contribution < 1.29 is 23.5 Å². The first-order valence-corrected chi connectivity index (χ1v) is 9.66. The summed E-state index contributed by atoms with van der Waals surface area (Å²) in [5.74, 6) is -0.693. The van der Waals surface area contributed by atoms with Crippen molar-refractivity contribution in [1.82, 2.24) is 14.8 Å². The quantitative estimate of drug-likeness (QED) is 0.688. The normalized spacial score (nSPS) is 23.9. The fourth-order valence-electron chi connectivity index (χ4n) is 4.57. The van der Waals surface area contributed by atoms with Gasteiger partial charge in [0.15, 0.2) is 0 Å². The molecule has 1 aromatic heterocycles. The topological polar surface area (TPSA) is 107 Å². The van der Waals surface area contributed by atoms with Gasteiger partial charge < -0.3 is 14.5 Å². The van der Waals surface area contributed by atoms with Gasteiger partial charge in [0.1, 0.15) is 29.4 Å². The van der Waals surface area contributed by atoms with E-state index in [0.717, 1.165) is 4.90 Å². The van der Waals surface area contributed by atoms with E-state index in [1.807, 2.05) is 6.07 Å². The van der Waals surface area contributed by atoms with Crippen molar-refractivity contribution in [2.75, 3.05) is 11.4 Å². The van der Waals surface area contributed by atoms with Gasteiger partial charge in [0, 0.05) is 6.54 Å². The number of anilines is 1. The van der Waals surface area contributed by atoms with Gasteiger partial charge >= 0.3 is 12.1 Å².